The van der Waals surface area contributed by atoms with Crippen molar-refractivity contribution in [2.24, 2.45) is 0 Å². The Labute approximate surface area is 115 Å². The van der Waals surface area contributed by atoms with Gasteiger partial charge in [-0.3, -0.25) is 4.79 Å². The minimum absolute atomic E-state index is 0.397. The van der Waals surface area contributed by atoms with E-state index in [0.29, 0.717) is 0 Å². The molecule has 6 heteroatoms. The molecular formula is C12H18N2O2S2. The second-order valence-corrected chi connectivity index (χ2v) is 6.45. The summed E-state index contributed by atoms with van der Waals surface area (Å²) in [6, 6.07) is 0. The first-order valence-electron chi connectivity index (χ1n) is 6.17. The van der Waals surface area contributed by atoms with Crippen LogP contribution in [0, 0.1) is 0 Å². The molecule has 0 saturated carbocycles. The van der Waals surface area contributed by atoms with E-state index in [9.17, 15) is 9.90 Å². The number of rotatable bonds is 6. The molecule has 1 aromatic rings. The van der Waals surface area contributed by atoms with Crippen molar-refractivity contribution in [1.29, 1.82) is 0 Å². The lowest BCUT2D eigenvalue weighted by atomic mass is 9.91. The topological polar surface area (TPSA) is 62.2 Å². The Bertz CT molecular complexity index is 420. The Hall–Kier alpha value is -0.750. The van der Waals surface area contributed by atoms with Gasteiger partial charge in [0.2, 0.25) is 0 Å². The second kappa shape index (κ2) is 6.43. The van der Waals surface area contributed by atoms with Crippen molar-refractivity contribution >= 4 is 34.2 Å². The average molecular weight is 286 g/mol. The number of hydrogen-bond acceptors (Lipinski definition) is 5. The molecule has 1 aromatic heterocycles. The molecule has 1 heterocycles. The van der Waals surface area contributed by atoms with Gasteiger partial charge in [0, 0.05) is 11.4 Å². The lowest BCUT2D eigenvalue weighted by molar-refractivity contribution is -0.139. The van der Waals surface area contributed by atoms with Crippen LogP contribution < -0.4 is 5.32 Å². The number of carboxylic acid groups (broad SMARTS) is 1. The molecule has 0 bridgehead atoms. The fraction of sp³-hybridized carbons (Fsp3) is 0.667. The predicted octanol–water partition coefficient (Wildman–Crippen LogP) is 2.81. The van der Waals surface area contributed by atoms with Gasteiger partial charge in [-0.2, -0.15) is 11.8 Å². The van der Waals surface area contributed by atoms with E-state index in [1.807, 2.05) is 11.8 Å². The van der Waals surface area contributed by atoms with Crippen LogP contribution in [0.15, 0.2) is 0 Å². The molecule has 0 saturated heterocycles. The van der Waals surface area contributed by atoms with E-state index in [0.717, 1.165) is 53.7 Å². The Morgan fingerprint density at radius 3 is 3.22 bits per heavy atom. The third-order valence-electron chi connectivity index (χ3n) is 3.05. The van der Waals surface area contributed by atoms with Crippen LogP contribution in [0.25, 0.3) is 0 Å². The fourth-order valence-corrected chi connectivity index (χ4v) is 3.67. The van der Waals surface area contributed by atoms with Crippen molar-refractivity contribution in [3.8, 4) is 0 Å². The van der Waals surface area contributed by atoms with Crippen molar-refractivity contribution in [3.63, 3.8) is 0 Å². The summed E-state index contributed by atoms with van der Waals surface area (Å²) in [6.45, 7) is 0.908. The Morgan fingerprint density at radius 2 is 2.50 bits per heavy atom. The average Bonchev–Trinajstić information content (AvgIpc) is 2.76. The van der Waals surface area contributed by atoms with Crippen molar-refractivity contribution in [3.05, 3.63) is 10.6 Å². The maximum atomic E-state index is 11.2. The number of thioether (sulfide) groups is 1. The summed E-state index contributed by atoms with van der Waals surface area (Å²) in [5, 5.41) is 13.4. The summed E-state index contributed by atoms with van der Waals surface area (Å²) in [5.41, 5.74) is 0.797. The van der Waals surface area contributed by atoms with E-state index < -0.39 is 11.9 Å². The monoisotopic (exact) mass is 286 g/mol. The third kappa shape index (κ3) is 3.17. The molecule has 1 atom stereocenters. The van der Waals surface area contributed by atoms with Crippen molar-refractivity contribution < 1.29 is 9.90 Å². The standard InChI is InChI=1S/C12H18N2O2S2/c1-17-7-3-6-13-12-14-10-8(11(15)16)4-2-5-9(10)18-12/h8H,2-7H2,1H3,(H,13,14)(H,15,16). The number of hydrogen-bond donors (Lipinski definition) is 2. The van der Waals surface area contributed by atoms with Crippen LogP contribution in [0.5, 0.6) is 0 Å². The number of anilines is 1. The number of carboxylic acids is 1. The van der Waals surface area contributed by atoms with Crippen molar-refractivity contribution in [1.82, 2.24) is 4.98 Å². The number of nitrogens with zero attached hydrogens (tertiary/aromatic N) is 1. The van der Waals surface area contributed by atoms with Crippen LogP contribution in [0.1, 0.15) is 35.8 Å². The molecule has 100 valence electrons. The number of thiazole rings is 1. The Kier molecular flexibility index (Phi) is 4.88. The molecule has 1 aliphatic rings. The molecule has 0 fully saturated rings. The van der Waals surface area contributed by atoms with Gasteiger partial charge < -0.3 is 10.4 Å². The number of carbonyl (C=O) groups is 1. The summed E-state index contributed by atoms with van der Waals surface area (Å²) < 4.78 is 0. The van der Waals surface area contributed by atoms with Gasteiger partial charge in [-0.05, 0) is 37.7 Å². The molecule has 4 nitrogen and oxygen atoms in total. The molecule has 0 amide bonds. The zero-order valence-electron chi connectivity index (χ0n) is 10.4. The van der Waals surface area contributed by atoms with Crippen LogP contribution in [0.4, 0.5) is 5.13 Å². The van der Waals surface area contributed by atoms with Crippen LogP contribution >= 0.6 is 23.1 Å². The van der Waals surface area contributed by atoms with Gasteiger partial charge in [-0.15, -0.1) is 11.3 Å². The van der Waals surface area contributed by atoms with E-state index in [-0.39, 0.29) is 0 Å². The van der Waals surface area contributed by atoms with Gasteiger partial charge in [-0.25, -0.2) is 4.98 Å². The minimum Gasteiger partial charge on any atom is -0.481 e. The van der Waals surface area contributed by atoms with Crippen molar-refractivity contribution in [2.45, 2.75) is 31.6 Å². The van der Waals surface area contributed by atoms with Gasteiger partial charge >= 0.3 is 5.97 Å². The molecule has 0 radical (unpaired) electrons. The fourth-order valence-electron chi connectivity index (χ4n) is 2.15. The SMILES string of the molecule is CSCCCNc1nc2c(s1)CCCC2C(=O)O. The van der Waals surface area contributed by atoms with Gasteiger partial charge in [0.15, 0.2) is 5.13 Å². The summed E-state index contributed by atoms with van der Waals surface area (Å²) in [7, 11) is 0. The highest BCUT2D eigenvalue weighted by Gasteiger charge is 2.29. The third-order valence-corrected chi connectivity index (χ3v) is 4.84. The maximum absolute atomic E-state index is 11.2. The van der Waals surface area contributed by atoms with Gasteiger partial charge in [0.1, 0.15) is 5.92 Å². The molecule has 2 rings (SSSR count). The first-order chi connectivity index (χ1) is 8.72. The van der Waals surface area contributed by atoms with Crippen LogP contribution in [0.2, 0.25) is 0 Å². The van der Waals surface area contributed by atoms with E-state index in [4.69, 9.17) is 0 Å². The van der Waals surface area contributed by atoms with Crippen LogP contribution in [-0.2, 0) is 11.2 Å². The number of aliphatic carboxylic acids is 1. The Morgan fingerprint density at radius 1 is 1.67 bits per heavy atom. The molecular weight excluding hydrogens is 268 g/mol. The summed E-state index contributed by atoms with van der Waals surface area (Å²) >= 11 is 3.46. The highest BCUT2D eigenvalue weighted by molar-refractivity contribution is 7.98. The van der Waals surface area contributed by atoms with Crippen LogP contribution in [-0.4, -0.2) is 34.6 Å². The number of aromatic nitrogens is 1. The molecule has 18 heavy (non-hydrogen) atoms. The largest absolute Gasteiger partial charge is 0.481 e. The quantitative estimate of drug-likeness (QED) is 0.787. The van der Waals surface area contributed by atoms with Crippen LogP contribution in [0.3, 0.4) is 0 Å². The maximum Gasteiger partial charge on any atom is 0.312 e. The van der Waals surface area contributed by atoms with E-state index >= 15 is 0 Å². The molecule has 0 aliphatic heterocycles. The van der Waals surface area contributed by atoms with Gasteiger partial charge in [0.05, 0.1) is 5.69 Å². The van der Waals surface area contributed by atoms with E-state index in [2.05, 4.69) is 16.6 Å². The molecule has 0 spiro atoms. The van der Waals surface area contributed by atoms with Gasteiger partial charge in [-0.1, -0.05) is 0 Å². The summed E-state index contributed by atoms with van der Waals surface area (Å²) in [6.07, 6.45) is 5.85. The zero-order chi connectivity index (χ0) is 13.0. The molecule has 1 aliphatic carbocycles. The normalized spacial score (nSPS) is 18.4. The molecule has 1 unspecified atom stereocenters. The smallest absolute Gasteiger partial charge is 0.312 e. The minimum atomic E-state index is -0.741. The second-order valence-electron chi connectivity index (χ2n) is 4.38. The highest BCUT2D eigenvalue weighted by Crippen LogP contribution is 2.36. The summed E-state index contributed by atoms with van der Waals surface area (Å²) in [5.74, 6) is -0.00234. The first kappa shape index (κ1) is 13.7. The van der Waals surface area contributed by atoms with E-state index in [1.165, 1.54) is 0 Å². The first-order valence-corrected chi connectivity index (χ1v) is 8.38. The molecule has 2 N–H and O–H groups in total. The Balaban J connectivity index is 2.00. The zero-order valence-corrected chi connectivity index (χ0v) is 12.1. The lowest BCUT2D eigenvalue weighted by Crippen LogP contribution is -2.17. The van der Waals surface area contributed by atoms with Crippen molar-refractivity contribution in [2.75, 3.05) is 23.9 Å². The number of nitrogens with one attached hydrogen (secondary N) is 1. The predicted molar refractivity (Wildman–Crippen MR) is 76.9 cm³/mol. The summed E-state index contributed by atoms with van der Waals surface area (Å²) in [4.78, 5) is 16.8. The van der Waals surface area contributed by atoms with E-state index in [1.54, 1.807) is 11.3 Å². The molecule has 0 aromatic carbocycles. The lowest BCUT2D eigenvalue weighted by Gasteiger charge is -2.16. The number of aryl methyl sites for hydroxylation is 1. The highest BCUT2D eigenvalue weighted by atomic mass is 32.2. The van der Waals surface area contributed by atoms with Gasteiger partial charge in [0.25, 0.3) is 0 Å². The number of fused-ring (bicyclic) bond motifs is 1.